The Bertz CT molecular complexity index is 948. The number of sulfonamides is 1. The van der Waals surface area contributed by atoms with Gasteiger partial charge >= 0.3 is 0 Å². The molecule has 1 unspecified atom stereocenters. The summed E-state index contributed by atoms with van der Waals surface area (Å²) >= 11 is 0. The van der Waals surface area contributed by atoms with E-state index in [0.29, 0.717) is 30.3 Å². The normalized spacial score (nSPS) is 16.8. The van der Waals surface area contributed by atoms with Gasteiger partial charge in [-0.2, -0.15) is 4.31 Å². The second-order valence-corrected chi connectivity index (χ2v) is 9.86. The Labute approximate surface area is 179 Å². The van der Waals surface area contributed by atoms with Crippen LogP contribution in [0.4, 0.5) is 5.69 Å². The monoisotopic (exact) mass is 430 g/mol. The lowest BCUT2D eigenvalue weighted by molar-refractivity contribution is 0.102. The molecule has 0 radical (unpaired) electrons. The summed E-state index contributed by atoms with van der Waals surface area (Å²) < 4.78 is 32.9. The molecule has 1 aliphatic rings. The number of rotatable bonds is 7. The SMILES string of the molecule is CCC(C)Oc1ccc(C(=O)Nc2ccc(S(=O)(=O)N3CCC(C)CC3)cc2)cc1. The number of amides is 1. The summed E-state index contributed by atoms with van der Waals surface area (Å²) in [6.45, 7) is 7.30. The van der Waals surface area contributed by atoms with Gasteiger partial charge in [0.25, 0.3) is 5.91 Å². The molecular weight excluding hydrogens is 400 g/mol. The van der Waals surface area contributed by atoms with Gasteiger partial charge in [0.05, 0.1) is 11.0 Å². The van der Waals surface area contributed by atoms with E-state index in [2.05, 4.69) is 19.2 Å². The summed E-state index contributed by atoms with van der Waals surface area (Å²) in [6.07, 6.45) is 2.79. The minimum atomic E-state index is -3.49. The molecule has 30 heavy (non-hydrogen) atoms. The van der Waals surface area contributed by atoms with Crippen LogP contribution in [-0.4, -0.2) is 37.8 Å². The van der Waals surface area contributed by atoms with Crippen molar-refractivity contribution < 1.29 is 17.9 Å². The van der Waals surface area contributed by atoms with Crippen LogP contribution < -0.4 is 10.1 Å². The van der Waals surface area contributed by atoms with Gasteiger partial charge in [0, 0.05) is 24.3 Å². The number of nitrogens with one attached hydrogen (secondary N) is 1. The smallest absolute Gasteiger partial charge is 0.255 e. The lowest BCUT2D eigenvalue weighted by Crippen LogP contribution is -2.37. The molecule has 0 aromatic heterocycles. The number of hydrogen-bond acceptors (Lipinski definition) is 4. The molecule has 1 atom stereocenters. The van der Waals surface area contributed by atoms with Crippen molar-refractivity contribution in [3.05, 3.63) is 54.1 Å². The third-order valence-corrected chi connectivity index (χ3v) is 7.43. The summed E-state index contributed by atoms with van der Waals surface area (Å²) in [6, 6.07) is 13.3. The number of carbonyl (C=O) groups excluding carboxylic acids is 1. The number of piperidine rings is 1. The quantitative estimate of drug-likeness (QED) is 0.700. The van der Waals surface area contributed by atoms with Crippen LogP contribution in [0.5, 0.6) is 5.75 Å². The van der Waals surface area contributed by atoms with Crippen LogP contribution in [0.15, 0.2) is 53.4 Å². The summed E-state index contributed by atoms with van der Waals surface area (Å²) in [5.41, 5.74) is 1.05. The standard InChI is InChI=1S/C23H30N2O4S/c1-4-18(3)29-21-9-5-19(6-10-21)23(26)24-20-7-11-22(12-8-20)30(27,28)25-15-13-17(2)14-16-25/h5-12,17-18H,4,13-16H2,1-3H3,(H,24,26). The van der Waals surface area contributed by atoms with Crippen LogP contribution in [0.1, 0.15) is 50.4 Å². The van der Waals surface area contributed by atoms with Gasteiger partial charge in [0.15, 0.2) is 0 Å². The number of benzene rings is 2. The van der Waals surface area contributed by atoms with Gasteiger partial charge in [-0.05, 0) is 80.6 Å². The molecule has 0 bridgehead atoms. The van der Waals surface area contributed by atoms with Gasteiger partial charge in [0.1, 0.15) is 5.75 Å². The molecule has 0 aliphatic carbocycles. The Morgan fingerprint density at radius 1 is 1.10 bits per heavy atom. The van der Waals surface area contributed by atoms with Crippen LogP contribution in [0, 0.1) is 5.92 Å². The lowest BCUT2D eigenvalue weighted by Gasteiger charge is -2.29. The van der Waals surface area contributed by atoms with Gasteiger partial charge in [-0.25, -0.2) is 8.42 Å². The minimum Gasteiger partial charge on any atom is -0.491 e. The van der Waals surface area contributed by atoms with E-state index < -0.39 is 10.0 Å². The fourth-order valence-corrected chi connectivity index (χ4v) is 4.76. The van der Waals surface area contributed by atoms with Crippen molar-refractivity contribution in [3.63, 3.8) is 0 Å². The van der Waals surface area contributed by atoms with Crippen molar-refractivity contribution >= 4 is 21.6 Å². The van der Waals surface area contributed by atoms with Gasteiger partial charge in [-0.15, -0.1) is 0 Å². The summed E-state index contributed by atoms with van der Waals surface area (Å²) in [4.78, 5) is 12.7. The van der Waals surface area contributed by atoms with E-state index >= 15 is 0 Å². The molecule has 1 aliphatic heterocycles. The molecule has 2 aromatic rings. The van der Waals surface area contributed by atoms with Crippen LogP contribution in [0.3, 0.4) is 0 Å². The van der Waals surface area contributed by atoms with E-state index in [9.17, 15) is 13.2 Å². The van der Waals surface area contributed by atoms with E-state index in [-0.39, 0.29) is 16.9 Å². The first-order valence-electron chi connectivity index (χ1n) is 10.5. The maximum atomic E-state index is 12.8. The molecular formula is C23H30N2O4S. The molecule has 1 N–H and O–H groups in total. The van der Waals surface area contributed by atoms with E-state index in [1.54, 1.807) is 52.8 Å². The topological polar surface area (TPSA) is 75.7 Å². The average molecular weight is 431 g/mol. The highest BCUT2D eigenvalue weighted by Gasteiger charge is 2.27. The third-order valence-electron chi connectivity index (χ3n) is 5.52. The number of nitrogens with zero attached hydrogens (tertiary/aromatic N) is 1. The van der Waals surface area contributed by atoms with Crippen LogP contribution in [-0.2, 0) is 10.0 Å². The summed E-state index contributed by atoms with van der Waals surface area (Å²) in [5.74, 6) is 1.03. The van der Waals surface area contributed by atoms with Gasteiger partial charge in [0.2, 0.25) is 10.0 Å². The predicted octanol–water partition coefficient (Wildman–Crippen LogP) is 4.54. The number of hydrogen-bond donors (Lipinski definition) is 1. The summed E-state index contributed by atoms with van der Waals surface area (Å²) in [5, 5.41) is 2.81. The van der Waals surface area contributed by atoms with E-state index in [1.165, 1.54) is 0 Å². The fraction of sp³-hybridized carbons (Fsp3) is 0.435. The molecule has 3 rings (SSSR count). The van der Waals surface area contributed by atoms with Crippen molar-refractivity contribution in [2.45, 2.75) is 51.0 Å². The van der Waals surface area contributed by atoms with Crippen molar-refractivity contribution in [3.8, 4) is 5.75 Å². The Kier molecular flexibility index (Phi) is 7.15. The number of carbonyl (C=O) groups is 1. The zero-order valence-corrected chi connectivity index (χ0v) is 18.6. The largest absolute Gasteiger partial charge is 0.491 e. The maximum absolute atomic E-state index is 12.8. The third kappa shape index (κ3) is 5.40. The predicted molar refractivity (Wildman–Crippen MR) is 118 cm³/mol. The highest BCUT2D eigenvalue weighted by Crippen LogP contribution is 2.24. The lowest BCUT2D eigenvalue weighted by atomic mass is 10.0. The maximum Gasteiger partial charge on any atom is 0.255 e. The molecule has 0 spiro atoms. The van der Waals surface area contributed by atoms with Crippen LogP contribution in [0.2, 0.25) is 0 Å². The Morgan fingerprint density at radius 2 is 1.70 bits per heavy atom. The van der Waals surface area contributed by atoms with E-state index in [4.69, 9.17) is 4.74 Å². The van der Waals surface area contributed by atoms with E-state index in [1.807, 2.05) is 6.92 Å². The second kappa shape index (κ2) is 9.62. The zero-order valence-electron chi connectivity index (χ0n) is 17.8. The Balaban J connectivity index is 1.63. The van der Waals surface area contributed by atoms with Crippen LogP contribution >= 0.6 is 0 Å². The highest BCUT2D eigenvalue weighted by molar-refractivity contribution is 7.89. The molecule has 7 heteroatoms. The fourth-order valence-electron chi connectivity index (χ4n) is 3.29. The first-order chi connectivity index (χ1) is 14.3. The average Bonchev–Trinajstić information content (AvgIpc) is 2.75. The molecule has 1 fully saturated rings. The number of anilines is 1. The first-order valence-corrected chi connectivity index (χ1v) is 11.9. The van der Waals surface area contributed by atoms with Crippen molar-refractivity contribution in [1.29, 1.82) is 0 Å². The molecule has 1 heterocycles. The van der Waals surface area contributed by atoms with Crippen LogP contribution in [0.25, 0.3) is 0 Å². The molecule has 2 aromatic carbocycles. The van der Waals surface area contributed by atoms with E-state index in [0.717, 1.165) is 25.0 Å². The molecule has 1 saturated heterocycles. The highest BCUT2D eigenvalue weighted by atomic mass is 32.2. The van der Waals surface area contributed by atoms with Crippen molar-refractivity contribution in [2.24, 2.45) is 5.92 Å². The van der Waals surface area contributed by atoms with Gasteiger partial charge in [-0.3, -0.25) is 4.79 Å². The Hall–Kier alpha value is -2.38. The summed E-state index contributed by atoms with van der Waals surface area (Å²) in [7, 11) is -3.49. The molecule has 6 nitrogen and oxygen atoms in total. The second-order valence-electron chi connectivity index (χ2n) is 7.93. The molecule has 162 valence electrons. The molecule has 0 saturated carbocycles. The molecule has 1 amide bonds. The van der Waals surface area contributed by atoms with Gasteiger partial charge in [-0.1, -0.05) is 13.8 Å². The van der Waals surface area contributed by atoms with Gasteiger partial charge < -0.3 is 10.1 Å². The van der Waals surface area contributed by atoms with Crippen molar-refractivity contribution in [1.82, 2.24) is 4.31 Å². The zero-order chi connectivity index (χ0) is 21.7. The van der Waals surface area contributed by atoms with Crippen molar-refractivity contribution in [2.75, 3.05) is 18.4 Å². The Morgan fingerprint density at radius 3 is 2.27 bits per heavy atom. The number of ether oxygens (including phenoxy) is 1. The minimum absolute atomic E-state index is 0.118. The first kappa shape index (κ1) is 22.3.